The van der Waals surface area contributed by atoms with E-state index in [4.69, 9.17) is 4.74 Å². The zero-order valence-electron chi connectivity index (χ0n) is 15.0. The van der Waals surface area contributed by atoms with Gasteiger partial charge in [-0.15, -0.1) is 0 Å². The molecule has 136 valence electrons. The fraction of sp³-hybridized carbons (Fsp3) is 0.450. The van der Waals surface area contributed by atoms with E-state index in [2.05, 4.69) is 44.5 Å². The van der Waals surface area contributed by atoms with Crippen molar-refractivity contribution in [3.63, 3.8) is 0 Å². The third kappa shape index (κ3) is 3.55. The fourth-order valence-electron chi connectivity index (χ4n) is 4.10. The maximum absolute atomic E-state index is 11.6. The number of likely N-dealkylation sites (tertiary alicyclic amines) is 1. The van der Waals surface area contributed by atoms with Gasteiger partial charge in [-0.1, -0.05) is 24.3 Å². The molecule has 1 saturated heterocycles. The molecule has 0 bridgehead atoms. The summed E-state index contributed by atoms with van der Waals surface area (Å²) in [7, 11) is 1.35. The highest BCUT2D eigenvalue weighted by Crippen LogP contribution is 2.27. The molecule has 0 saturated carbocycles. The maximum atomic E-state index is 11.6. The van der Waals surface area contributed by atoms with Crippen LogP contribution in [-0.4, -0.2) is 53.1 Å². The first-order valence-electron chi connectivity index (χ1n) is 9.20. The molecule has 1 fully saturated rings. The lowest BCUT2D eigenvalue weighted by Gasteiger charge is -2.37. The van der Waals surface area contributed by atoms with Gasteiger partial charge in [0, 0.05) is 18.6 Å². The molecule has 2 aliphatic rings. The van der Waals surface area contributed by atoms with Gasteiger partial charge in [0.05, 0.1) is 19.5 Å². The van der Waals surface area contributed by atoms with Gasteiger partial charge in [-0.25, -0.2) is 9.78 Å². The van der Waals surface area contributed by atoms with Crippen LogP contribution in [0.15, 0.2) is 36.7 Å². The van der Waals surface area contributed by atoms with Crippen molar-refractivity contribution in [1.82, 2.24) is 14.9 Å². The molecule has 1 aliphatic carbocycles. The number of nitrogens with one attached hydrogen (secondary N) is 1. The summed E-state index contributed by atoms with van der Waals surface area (Å²) in [6.07, 6.45) is 7.63. The smallest absolute Gasteiger partial charge is 0.358 e. The number of anilines is 1. The number of methoxy groups -OCH3 is 1. The minimum Gasteiger partial charge on any atom is -0.464 e. The summed E-state index contributed by atoms with van der Waals surface area (Å²) in [6.45, 7) is 2.13. The van der Waals surface area contributed by atoms with Crippen molar-refractivity contribution in [3.8, 4) is 0 Å². The Morgan fingerprint density at radius 3 is 2.73 bits per heavy atom. The summed E-state index contributed by atoms with van der Waals surface area (Å²) in [5.41, 5.74) is 3.21. The van der Waals surface area contributed by atoms with E-state index in [1.54, 1.807) is 6.20 Å². The lowest BCUT2D eigenvalue weighted by atomic mass is 10.0. The van der Waals surface area contributed by atoms with Crippen LogP contribution in [0.4, 0.5) is 5.82 Å². The Labute approximate surface area is 153 Å². The number of nitrogens with zero attached hydrogens (tertiary/aromatic N) is 3. The molecular weight excluding hydrogens is 328 g/mol. The molecule has 4 rings (SSSR count). The molecule has 1 unspecified atom stereocenters. The number of fused-ring (bicyclic) bond motifs is 1. The first kappa shape index (κ1) is 17.0. The van der Waals surface area contributed by atoms with Crippen LogP contribution in [-0.2, 0) is 17.6 Å². The highest BCUT2D eigenvalue weighted by molar-refractivity contribution is 5.87. The van der Waals surface area contributed by atoms with Crippen LogP contribution in [0.25, 0.3) is 0 Å². The summed E-state index contributed by atoms with van der Waals surface area (Å²) < 4.78 is 4.72. The second-order valence-corrected chi connectivity index (χ2v) is 7.09. The second-order valence-electron chi connectivity index (χ2n) is 7.09. The van der Waals surface area contributed by atoms with Gasteiger partial charge < -0.3 is 10.1 Å². The number of carbonyl (C=O) groups is 1. The first-order valence-corrected chi connectivity index (χ1v) is 9.20. The van der Waals surface area contributed by atoms with E-state index < -0.39 is 5.97 Å². The summed E-state index contributed by atoms with van der Waals surface area (Å²) in [6, 6.07) is 9.68. The van der Waals surface area contributed by atoms with Gasteiger partial charge in [-0.3, -0.25) is 9.88 Å². The predicted molar refractivity (Wildman–Crippen MR) is 99.2 cm³/mol. The van der Waals surface area contributed by atoms with Crippen LogP contribution < -0.4 is 5.32 Å². The SMILES string of the molecule is COC(=O)c1cncc(NC2CCCN(C3Cc4ccccc4C3)C2)n1. The van der Waals surface area contributed by atoms with Crippen molar-refractivity contribution in [3.05, 3.63) is 53.5 Å². The zero-order chi connectivity index (χ0) is 17.9. The van der Waals surface area contributed by atoms with Crippen LogP contribution >= 0.6 is 0 Å². The van der Waals surface area contributed by atoms with E-state index >= 15 is 0 Å². The van der Waals surface area contributed by atoms with E-state index in [1.807, 2.05) is 0 Å². The normalized spacial score (nSPS) is 20.6. The van der Waals surface area contributed by atoms with E-state index in [1.165, 1.54) is 24.4 Å². The van der Waals surface area contributed by atoms with Crippen LogP contribution in [0, 0.1) is 0 Å². The van der Waals surface area contributed by atoms with E-state index in [-0.39, 0.29) is 5.69 Å². The Morgan fingerprint density at radius 2 is 2.00 bits per heavy atom. The summed E-state index contributed by atoms with van der Waals surface area (Å²) in [4.78, 5) is 22.7. The van der Waals surface area contributed by atoms with Gasteiger partial charge in [-0.05, 0) is 43.4 Å². The number of rotatable bonds is 4. The van der Waals surface area contributed by atoms with Gasteiger partial charge >= 0.3 is 5.97 Å². The molecule has 1 N–H and O–H groups in total. The summed E-state index contributed by atoms with van der Waals surface area (Å²) in [5.74, 6) is 0.171. The Kier molecular flexibility index (Phi) is 4.84. The number of hydrogen-bond donors (Lipinski definition) is 1. The van der Waals surface area contributed by atoms with Crippen LogP contribution in [0.5, 0.6) is 0 Å². The van der Waals surface area contributed by atoms with Crippen molar-refractivity contribution < 1.29 is 9.53 Å². The zero-order valence-corrected chi connectivity index (χ0v) is 15.0. The Hall–Kier alpha value is -2.47. The molecular formula is C20H24N4O2. The molecule has 6 heteroatoms. The molecule has 6 nitrogen and oxygen atoms in total. The topological polar surface area (TPSA) is 67.3 Å². The second kappa shape index (κ2) is 7.41. The predicted octanol–water partition coefficient (Wildman–Crippen LogP) is 2.31. The molecule has 1 aromatic carbocycles. The lowest BCUT2D eigenvalue weighted by molar-refractivity contribution is 0.0593. The number of hydrogen-bond acceptors (Lipinski definition) is 6. The summed E-state index contributed by atoms with van der Waals surface area (Å²) >= 11 is 0. The monoisotopic (exact) mass is 352 g/mol. The van der Waals surface area contributed by atoms with Gasteiger partial charge in [-0.2, -0.15) is 0 Å². The molecule has 1 aromatic heterocycles. The molecule has 26 heavy (non-hydrogen) atoms. The lowest BCUT2D eigenvalue weighted by Crippen LogP contribution is -2.47. The minimum atomic E-state index is -0.463. The van der Waals surface area contributed by atoms with Crippen molar-refractivity contribution >= 4 is 11.8 Å². The number of esters is 1. The van der Waals surface area contributed by atoms with Crippen molar-refractivity contribution in [1.29, 1.82) is 0 Å². The Balaban J connectivity index is 1.39. The Bertz CT molecular complexity index is 770. The largest absolute Gasteiger partial charge is 0.464 e. The van der Waals surface area contributed by atoms with Gasteiger partial charge in [0.2, 0.25) is 0 Å². The van der Waals surface area contributed by atoms with Gasteiger partial charge in [0.25, 0.3) is 0 Å². The highest BCUT2D eigenvalue weighted by Gasteiger charge is 2.30. The minimum absolute atomic E-state index is 0.233. The molecule has 0 radical (unpaired) electrons. The average molecular weight is 352 g/mol. The van der Waals surface area contributed by atoms with Crippen molar-refractivity contribution in [2.45, 2.75) is 37.8 Å². The van der Waals surface area contributed by atoms with Gasteiger partial charge in [0.15, 0.2) is 5.69 Å². The molecule has 2 aromatic rings. The van der Waals surface area contributed by atoms with Crippen LogP contribution in [0.1, 0.15) is 34.5 Å². The fourth-order valence-corrected chi connectivity index (χ4v) is 4.10. The van der Waals surface area contributed by atoms with E-state index in [9.17, 15) is 4.79 Å². The van der Waals surface area contributed by atoms with Crippen molar-refractivity contribution in [2.75, 3.05) is 25.5 Å². The van der Waals surface area contributed by atoms with Crippen LogP contribution in [0.2, 0.25) is 0 Å². The Morgan fingerprint density at radius 1 is 1.23 bits per heavy atom. The number of ether oxygens (including phenoxy) is 1. The van der Waals surface area contributed by atoms with Crippen LogP contribution in [0.3, 0.4) is 0 Å². The highest BCUT2D eigenvalue weighted by atomic mass is 16.5. The van der Waals surface area contributed by atoms with Crippen molar-refractivity contribution in [2.24, 2.45) is 0 Å². The van der Waals surface area contributed by atoms with E-state index in [0.717, 1.165) is 38.8 Å². The van der Waals surface area contributed by atoms with E-state index in [0.29, 0.717) is 17.9 Å². The number of aromatic nitrogens is 2. The molecule has 1 aliphatic heterocycles. The molecule has 0 spiro atoms. The first-order chi connectivity index (χ1) is 12.7. The number of piperidine rings is 1. The quantitative estimate of drug-likeness (QED) is 0.852. The van der Waals surface area contributed by atoms with Gasteiger partial charge in [0.1, 0.15) is 5.82 Å². The molecule has 0 amide bonds. The maximum Gasteiger partial charge on any atom is 0.358 e. The number of benzene rings is 1. The number of carbonyl (C=O) groups excluding carboxylic acids is 1. The third-order valence-electron chi connectivity index (χ3n) is 5.38. The average Bonchev–Trinajstić information content (AvgIpc) is 3.12. The third-order valence-corrected chi connectivity index (χ3v) is 5.38. The molecule has 2 heterocycles. The standard InChI is InChI=1S/C20H24N4O2/c1-26-20(25)18-11-21-12-19(23-18)22-16-7-4-8-24(13-16)17-9-14-5-2-3-6-15(14)10-17/h2-3,5-6,11-12,16-17H,4,7-10,13H2,1H3,(H,22,23). The molecule has 1 atom stereocenters. The summed E-state index contributed by atoms with van der Waals surface area (Å²) in [5, 5.41) is 3.45.